The van der Waals surface area contributed by atoms with Gasteiger partial charge in [-0.3, -0.25) is 4.79 Å². The van der Waals surface area contributed by atoms with Gasteiger partial charge in [-0.1, -0.05) is 12.1 Å². The molecule has 0 aliphatic rings. The van der Waals surface area contributed by atoms with Crippen LogP contribution >= 0.6 is 0 Å². The number of aryl methyl sites for hydroxylation is 1. The highest BCUT2D eigenvalue weighted by atomic mass is 32.2. The molecular weight excluding hydrogens is 395 g/mol. The van der Waals surface area contributed by atoms with Gasteiger partial charge in [-0.05, 0) is 43.0 Å². The zero-order chi connectivity index (χ0) is 21.0. The van der Waals surface area contributed by atoms with E-state index in [1.807, 2.05) is 11.6 Å². The number of hydrogen-bond acceptors (Lipinski definition) is 4. The van der Waals surface area contributed by atoms with E-state index in [0.29, 0.717) is 24.0 Å². The maximum absolute atomic E-state index is 13.3. The Labute approximate surface area is 168 Å². The van der Waals surface area contributed by atoms with Gasteiger partial charge in [0.1, 0.15) is 11.6 Å². The molecule has 7 nitrogen and oxygen atoms in total. The first-order valence-corrected chi connectivity index (χ1v) is 10.4. The van der Waals surface area contributed by atoms with E-state index in [9.17, 15) is 17.6 Å². The van der Waals surface area contributed by atoms with Crippen LogP contribution in [0.4, 0.5) is 4.39 Å². The number of sulfonamides is 1. The van der Waals surface area contributed by atoms with E-state index in [2.05, 4.69) is 15.0 Å². The van der Waals surface area contributed by atoms with Gasteiger partial charge in [0.05, 0.1) is 15.9 Å². The van der Waals surface area contributed by atoms with Crippen molar-refractivity contribution in [1.82, 2.24) is 19.6 Å². The average molecular weight is 416 g/mol. The van der Waals surface area contributed by atoms with Crippen LogP contribution in [-0.2, 0) is 28.3 Å². The van der Waals surface area contributed by atoms with Gasteiger partial charge in [0.15, 0.2) is 0 Å². The molecule has 0 spiro atoms. The molecule has 3 aromatic rings. The molecule has 0 aliphatic carbocycles. The Kier molecular flexibility index (Phi) is 6.09. The number of amides is 1. The summed E-state index contributed by atoms with van der Waals surface area (Å²) in [6, 6.07) is 10.6. The summed E-state index contributed by atoms with van der Waals surface area (Å²) in [5.74, 6) is 0.134. The largest absolute Gasteiger partial charge is 0.352 e. The molecule has 2 N–H and O–H groups in total. The normalized spacial score (nSPS) is 12.0. The Morgan fingerprint density at radius 3 is 2.62 bits per heavy atom. The molecule has 0 atom stereocenters. The monoisotopic (exact) mass is 416 g/mol. The SMILES string of the molecule is CNS(=O)(=O)c1ccc(C=CC(=O)NCCc2nc3cc(F)ccc3n2C)cc1. The van der Waals surface area contributed by atoms with Gasteiger partial charge in [-0.15, -0.1) is 0 Å². The van der Waals surface area contributed by atoms with Gasteiger partial charge in [-0.25, -0.2) is 22.5 Å². The third-order valence-corrected chi connectivity index (χ3v) is 5.90. The molecular formula is C20H21FN4O3S. The highest BCUT2D eigenvalue weighted by Crippen LogP contribution is 2.16. The summed E-state index contributed by atoms with van der Waals surface area (Å²) in [5, 5.41) is 2.77. The van der Waals surface area contributed by atoms with Crippen molar-refractivity contribution in [3.63, 3.8) is 0 Å². The van der Waals surface area contributed by atoms with E-state index >= 15 is 0 Å². The van der Waals surface area contributed by atoms with Gasteiger partial charge in [0, 0.05) is 32.2 Å². The summed E-state index contributed by atoms with van der Waals surface area (Å²) in [6.07, 6.45) is 3.48. The minimum Gasteiger partial charge on any atom is -0.352 e. The summed E-state index contributed by atoms with van der Waals surface area (Å²) < 4.78 is 40.8. The topological polar surface area (TPSA) is 93.1 Å². The number of halogens is 1. The average Bonchev–Trinajstić information content (AvgIpc) is 3.01. The fraction of sp³-hybridized carbons (Fsp3) is 0.200. The molecule has 0 bridgehead atoms. The van der Waals surface area contributed by atoms with Crippen molar-refractivity contribution >= 4 is 33.0 Å². The summed E-state index contributed by atoms with van der Waals surface area (Å²) in [7, 11) is -0.287. The lowest BCUT2D eigenvalue weighted by Crippen LogP contribution is -2.24. The highest BCUT2D eigenvalue weighted by molar-refractivity contribution is 7.89. The third kappa shape index (κ3) is 4.87. The van der Waals surface area contributed by atoms with Crippen molar-refractivity contribution in [2.75, 3.05) is 13.6 Å². The zero-order valence-corrected chi connectivity index (χ0v) is 16.8. The fourth-order valence-corrected chi connectivity index (χ4v) is 3.58. The van der Waals surface area contributed by atoms with E-state index in [1.54, 1.807) is 24.3 Å². The second-order valence-electron chi connectivity index (χ2n) is 6.37. The predicted octanol–water partition coefficient (Wildman–Crippen LogP) is 1.99. The van der Waals surface area contributed by atoms with Crippen molar-refractivity contribution < 1.29 is 17.6 Å². The van der Waals surface area contributed by atoms with Crippen LogP contribution in [0.1, 0.15) is 11.4 Å². The Morgan fingerprint density at radius 1 is 1.21 bits per heavy atom. The molecule has 2 aromatic carbocycles. The molecule has 1 heterocycles. The molecule has 0 radical (unpaired) electrons. The highest BCUT2D eigenvalue weighted by Gasteiger charge is 2.10. The second-order valence-corrected chi connectivity index (χ2v) is 8.26. The molecule has 3 rings (SSSR count). The maximum atomic E-state index is 13.3. The quantitative estimate of drug-likeness (QED) is 0.576. The molecule has 1 aromatic heterocycles. The van der Waals surface area contributed by atoms with Gasteiger partial charge >= 0.3 is 0 Å². The Hall–Kier alpha value is -3.04. The number of rotatable bonds is 7. The summed E-state index contributed by atoms with van der Waals surface area (Å²) >= 11 is 0. The van der Waals surface area contributed by atoms with E-state index in [-0.39, 0.29) is 16.6 Å². The van der Waals surface area contributed by atoms with Crippen LogP contribution in [0.3, 0.4) is 0 Å². The van der Waals surface area contributed by atoms with E-state index in [4.69, 9.17) is 0 Å². The molecule has 29 heavy (non-hydrogen) atoms. The molecule has 9 heteroatoms. The predicted molar refractivity (Wildman–Crippen MR) is 109 cm³/mol. The second kappa shape index (κ2) is 8.54. The van der Waals surface area contributed by atoms with Crippen LogP contribution in [0.25, 0.3) is 17.1 Å². The number of carbonyl (C=O) groups is 1. The molecule has 0 saturated heterocycles. The van der Waals surface area contributed by atoms with Crippen LogP contribution in [0.15, 0.2) is 53.4 Å². The smallest absolute Gasteiger partial charge is 0.244 e. The zero-order valence-electron chi connectivity index (χ0n) is 16.0. The van der Waals surface area contributed by atoms with Crippen molar-refractivity contribution in [2.24, 2.45) is 7.05 Å². The number of benzene rings is 2. The number of carbonyl (C=O) groups excluding carboxylic acids is 1. The molecule has 1 amide bonds. The van der Waals surface area contributed by atoms with Crippen LogP contribution in [-0.4, -0.2) is 37.5 Å². The summed E-state index contributed by atoms with van der Waals surface area (Å²) in [6.45, 7) is 0.377. The Balaban J connectivity index is 1.56. The molecule has 0 unspecified atom stereocenters. The van der Waals surface area contributed by atoms with Gasteiger partial charge < -0.3 is 9.88 Å². The van der Waals surface area contributed by atoms with E-state index < -0.39 is 10.0 Å². The minimum atomic E-state index is -3.48. The number of aromatic nitrogens is 2. The first-order chi connectivity index (χ1) is 13.8. The number of nitrogens with zero attached hydrogens (tertiary/aromatic N) is 2. The van der Waals surface area contributed by atoms with Crippen molar-refractivity contribution in [3.05, 3.63) is 65.7 Å². The minimum absolute atomic E-state index is 0.156. The number of nitrogens with one attached hydrogen (secondary N) is 2. The summed E-state index contributed by atoms with van der Waals surface area (Å²) in [4.78, 5) is 16.6. The first kappa shape index (κ1) is 20.7. The van der Waals surface area contributed by atoms with Gasteiger partial charge in [0.25, 0.3) is 0 Å². The first-order valence-electron chi connectivity index (χ1n) is 8.90. The van der Waals surface area contributed by atoms with Crippen LogP contribution in [0, 0.1) is 5.82 Å². The number of imidazole rings is 1. The van der Waals surface area contributed by atoms with Crippen LogP contribution < -0.4 is 10.0 Å². The van der Waals surface area contributed by atoms with Crippen molar-refractivity contribution in [3.8, 4) is 0 Å². The summed E-state index contributed by atoms with van der Waals surface area (Å²) in [5.41, 5.74) is 2.11. The fourth-order valence-electron chi connectivity index (χ4n) is 2.85. The van der Waals surface area contributed by atoms with Gasteiger partial charge in [-0.2, -0.15) is 0 Å². The molecule has 152 valence electrons. The lowest BCUT2D eigenvalue weighted by molar-refractivity contribution is -0.116. The van der Waals surface area contributed by atoms with Gasteiger partial charge in [0.2, 0.25) is 15.9 Å². The number of hydrogen-bond donors (Lipinski definition) is 2. The van der Waals surface area contributed by atoms with Crippen molar-refractivity contribution in [2.45, 2.75) is 11.3 Å². The van der Waals surface area contributed by atoms with Crippen molar-refractivity contribution in [1.29, 1.82) is 0 Å². The molecule has 0 aliphatic heterocycles. The molecule has 0 fully saturated rings. The maximum Gasteiger partial charge on any atom is 0.244 e. The standard InChI is InChI=1S/C20H21FN4O3S/c1-22-29(27,28)16-7-3-14(4-8-16)5-10-20(26)23-12-11-19-24-17-13-15(21)6-9-18(17)25(19)2/h3-10,13,22H,11-12H2,1-2H3,(H,23,26). The van der Waals surface area contributed by atoms with Crippen LogP contribution in [0.2, 0.25) is 0 Å². The number of fused-ring (bicyclic) bond motifs is 1. The molecule has 0 saturated carbocycles. The third-order valence-electron chi connectivity index (χ3n) is 4.47. The van der Waals surface area contributed by atoms with E-state index in [0.717, 1.165) is 11.3 Å². The van der Waals surface area contributed by atoms with E-state index in [1.165, 1.54) is 37.4 Å². The Morgan fingerprint density at radius 2 is 1.93 bits per heavy atom. The lowest BCUT2D eigenvalue weighted by atomic mass is 10.2. The van der Waals surface area contributed by atoms with Crippen LogP contribution in [0.5, 0.6) is 0 Å². The Bertz CT molecular complexity index is 1170. The lowest BCUT2D eigenvalue weighted by Gasteiger charge is -2.04.